The van der Waals surface area contributed by atoms with Gasteiger partial charge in [0, 0.05) is 36.3 Å². The average molecular weight is 374 g/mol. The number of fused-ring (bicyclic) bond motifs is 1. The molecule has 6 nitrogen and oxygen atoms in total. The number of nitrogens with zero attached hydrogens (tertiary/aromatic N) is 2. The predicted octanol–water partition coefficient (Wildman–Crippen LogP) is 4.23. The molecule has 0 saturated heterocycles. The molecule has 0 spiro atoms. The maximum Gasteiger partial charge on any atom is 0.228 e. The molecule has 0 atom stereocenters. The first kappa shape index (κ1) is 17.0. The zero-order valence-corrected chi connectivity index (χ0v) is 15.7. The first-order chi connectivity index (χ1) is 13.7. The quantitative estimate of drug-likeness (QED) is 0.675. The van der Waals surface area contributed by atoms with E-state index in [-0.39, 0.29) is 11.8 Å². The Morgan fingerprint density at radius 1 is 1.04 bits per heavy atom. The topological polar surface area (TPSA) is 76.1 Å². The molecule has 1 amide bonds. The maximum atomic E-state index is 12.1. The van der Waals surface area contributed by atoms with Crippen molar-refractivity contribution in [3.63, 3.8) is 0 Å². The second-order valence-corrected chi connectivity index (χ2v) is 7.49. The van der Waals surface area contributed by atoms with Crippen LogP contribution in [0.25, 0.3) is 21.9 Å². The van der Waals surface area contributed by atoms with Crippen molar-refractivity contribution in [3.8, 4) is 16.9 Å². The van der Waals surface area contributed by atoms with Gasteiger partial charge in [0.05, 0.1) is 6.10 Å². The Bertz CT molecular complexity index is 1040. The van der Waals surface area contributed by atoms with Crippen LogP contribution < -0.4 is 15.4 Å². The Morgan fingerprint density at radius 2 is 1.82 bits per heavy atom. The predicted molar refractivity (Wildman–Crippen MR) is 110 cm³/mol. The highest BCUT2D eigenvalue weighted by Crippen LogP contribution is 2.35. The fourth-order valence-corrected chi connectivity index (χ4v) is 3.30. The molecule has 0 unspecified atom stereocenters. The van der Waals surface area contributed by atoms with Crippen molar-refractivity contribution >= 4 is 28.3 Å². The van der Waals surface area contributed by atoms with Crippen molar-refractivity contribution in [3.05, 3.63) is 42.7 Å². The third-order valence-electron chi connectivity index (χ3n) is 5.20. The fraction of sp³-hybridized carbons (Fsp3) is 0.318. The number of pyridine rings is 2. The van der Waals surface area contributed by atoms with E-state index in [1.54, 1.807) is 6.20 Å². The molecule has 0 aliphatic heterocycles. The van der Waals surface area contributed by atoms with Gasteiger partial charge in [0.2, 0.25) is 5.91 Å². The number of aromatic nitrogens is 2. The zero-order chi connectivity index (χ0) is 19.1. The summed E-state index contributed by atoms with van der Waals surface area (Å²) in [5, 5.41) is 7.97. The monoisotopic (exact) mass is 374 g/mol. The summed E-state index contributed by atoms with van der Waals surface area (Å²) in [6.45, 7) is 0. The molecule has 2 N–H and O–H groups in total. The van der Waals surface area contributed by atoms with Gasteiger partial charge in [-0.25, -0.2) is 9.97 Å². The van der Waals surface area contributed by atoms with Gasteiger partial charge in [0.15, 0.2) is 0 Å². The van der Waals surface area contributed by atoms with Gasteiger partial charge in [0.25, 0.3) is 0 Å². The highest BCUT2D eigenvalue weighted by molar-refractivity contribution is 6.03. The lowest BCUT2D eigenvalue weighted by Gasteiger charge is -2.13. The number of anilines is 2. The van der Waals surface area contributed by atoms with Crippen LogP contribution in [0.1, 0.15) is 25.7 Å². The highest BCUT2D eigenvalue weighted by atomic mass is 16.5. The molecule has 3 aromatic rings. The molecule has 2 aliphatic rings. The summed E-state index contributed by atoms with van der Waals surface area (Å²) < 4.78 is 5.85. The Kier molecular flexibility index (Phi) is 4.11. The first-order valence-electron chi connectivity index (χ1n) is 9.76. The third kappa shape index (κ3) is 3.38. The number of carbonyl (C=O) groups is 1. The lowest BCUT2D eigenvalue weighted by atomic mass is 10.0. The van der Waals surface area contributed by atoms with Crippen LogP contribution >= 0.6 is 0 Å². The second-order valence-electron chi connectivity index (χ2n) is 7.49. The summed E-state index contributed by atoms with van der Waals surface area (Å²) in [5.74, 6) is 2.43. The fourth-order valence-electron chi connectivity index (χ4n) is 3.30. The molecule has 5 rings (SSSR count). The minimum absolute atomic E-state index is 0.0536. The van der Waals surface area contributed by atoms with Crippen LogP contribution in [0.3, 0.4) is 0 Å². The molecule has 28 heavy (non-hydrogen) atoms. The molecule has 2 aliphatic carbocycles. The molecular formula is C22H22N4O2. The lowest BCUT2D eigenvalue weighted by molar-refractivity contribution is -0.117. The molecule has 142 valence electrons. The van der Waals surface area contributed by atoms with Gasteiger partial charge < -0.3 is 15.4 Å². The number of nitrogens with one attached hydrogen (secondary N) is 2. The molecule has 1 aromatic carbocycles. The number of hydrogen-bond acceptors (Lipinski definition) is 5. The Balaban J connectivity index is 1.53. The summed E-state index contributed by atoms with van der Waals surface area (Å²) in [5.41, 5.74) is 2.05. The van der Waals surface area contributed by atoms with Crippen LogP contribution in [0, 0.1) is 5.92 Å². The van der Waals surface area contributed by atoms with Gasteiger partial charge >= 0.3 is 0 Å². The van der Waals surface area contributed by atoms with E-state index < -0.39 is 0 Å². The van der Waals surface area contributed by atoms with E-state index >= 15 is 0 Å². The van der Waals surface area contributed by atoms with E-state index in [1.807, 2.05) is 31.4 Å². The summed E-state index contributed by atoms with van der Waals surface area (Å²) in [6, 6.07) is 10.0. The summed E-state index contributed by atoms with van der Waals surface area (Å²) in [7, 11) is 1.84. The van der Waals surface area contributed by atoms with E-state index in [1.165, 1.54) is 0 Å². The van der Waals surface area contributed by atoms with Crippen molar-refractivity contribution in [2.75, 3.05) is 17.7 Å². The third-order valence-corrected chi connectivity index (χ3v) is 5.20. The second kappa shape index (κ2) is 6.78. The van der Waals surface area contributed by atoms with Gasteiger partial charge in [-0.05, 0) is 54.8 Å². The van der Waals surface area contributed by atoms with Crippen LogP contribution in [0.2, 0.25) is 0 Å². The molecule has 2 saturated carbocycles. The Labute approximate surface area is 163 Å². The number of carbonyl (C=O) groups excluding carboxylic acids is 1. The van der Waals surface area contributed by atoms with Crippen LogP contribution in [-0.2, 0) is 4.79 Å². The average Bonchev–Trinajstić information content (AvgIpc) is 3.62. The van der Waals surface area contributed by atoms with Gasteiger partial charge in [-0.3, -0.25) is 4.79 Å². The summed E-state index contributed by atoms with van der Waals surface area (Å²) >= 11 is 0. The standard InChI is InChI=1S/C22H22N4O2/c1-23-21-19-12-24-20(26-22(27)14-2-3-14)10-17(19)18(11-25-21)13-4-6-15(7-5-13)28-16-8-9-16/h4-7,10-12,14,16H,2-3,8-9H2,1H3,(H,23,25)(H,24,26,27). The molecule has 0 radical (unpaired) electrons. The first-order valence-corrected chi connectivity index (χ1v) is 9.76. The molecule has 2 fully saturated rings. The minimum Gasteiger partial charge on any atom is -0.490 e. The van der Waals surface area contributed by atoms with E-state index in [4.69, 9.17) is 4.74 Å². The molecule has 0 bridgehead atoms. The number of ether oxygens (including phenoxy) is 1. The highest BCUT2D eigenvalue weighted by Gasteiger charge is 2.30. The number of rotatable bonds is 6. The van der Waals surface area contributed by atoms with Crippen molar-refractivity contribution < 1.29 is 9.53 Å². The normalized spacial score (nSPS) is 16.0. The zero-order valence-electron chi connectivity index (χ0n) is 15.7. The van der Waals surface area contributed by atoms with Crippen LogP contribution in [0.15, 0.2) is 42.7 Å². The van der Waals surface area contributed by atoms with Gasteiger partial charge in [-0.15, -0.1) is 0 Å². The maximum absolute atomic E-state index is 12.1. The summed E-state index contributed by atoms with van der Waals surface area (Å²) in [4.78, 5) is 21.1. The Hall–Kier alpha value is -3.15. The van der Waals surface area contributed by atoms with Crippen LogP contribution in [0.4, 0.5) is 11.6 Å². The van der Waals surface area contributed by atoms with E-state index in [2.05, 4.69) is 32.7 Å². The van der Waals surface area contributed by atoms with E-state index in [0.29, 0.717) is 11.9 Å². The smallest absolute Gasteiger partial charge is 0.228 e. The number of hydrogen-bond donors (Lipinski definition) is 2. The van der Waals surface area contributed by atoms with E-state index in [0.717, 1.165) is 59.2 Å². The summed E-state index contributed by atoms with van der Waals surface area (Å²) in [6.07, 6.45) is 8.23. The van der Waals surface area contributed by atoms with Crippen LogP contribution in [-0.4, -0.2) is 29.0 Å². The van der Waals surface area contributed by atoms with Gasteiger partial charge in [-0.1, -0.05) is 12.1 Å². The largest absolute Gasteiger partial charge is 0.490 e. The van der Waals surface area contributed by atoms with Crippen molar-refractivity contribution in [1.82, 2.24) is 9.97 Å². The number of benzene rings is 1. The molecule has 6 heteroatoms. The Morgan fingerprint density at radius 3 is 2.50 bits per heavy atom. The van der Waals surface area contributed by atoms with Gasteiger partial charge in [0.1, 0.15) is 17.4 Å². The molecule has 2 heterocycles. The van der Waals surface area contributed by atoms with Gasteiger partial charge in [-0.2, -0.15) is 0 Å². The van der Waals surface area contributed by atoms with Crippen LogP contribution in [0.5, 0.6) is 5.75 Å². The SMILES string of the molecule is CNc1ncc(-c2ccc(OC3CC3)cc2)c2cc(NC(=O)C3CC3)ncc12. The van der Waals surface area contributed by atoms with Crippen molar-refractivity contribution in [1.29, 1.82) is 0 Å². The molecule has 2 aromatic heterocycles. The van der Waals surface area contributed by atoms with Crippen molar-refractivity contribution in [2.45, 2.75) is 31.8 Å². The van der Waals surface area contributed by atoms with Crippen molar-refractivity contribution in [2.24, 2.45) is 5.92 Å². The van der Waals surface area contributed by atoms with E-state index in [9.17, 15) is 4.79 Å². The number of amides is 1. The molecular weight excluding hydrogens is 352 g/mol. The minimum atomic E-state index is 0.0536. The lowest BCUT2D eigenvalue weighted by Crippen LogP contribution is -2.14.